The zero-order valence-electron chi connectivity index (χ0n) is 8.41. The summed E-state index contributed by atoms with van der Waals surface area (Å²) in [6.07, 6.45) is 2.42. The highest BCUT2D eigenvalue weighted by atomic mass is 35.5. The number of nitrogens with zero attached hydrogens (tertiary/aromatic N) is 2. The van der Waals surface area contributed by atoms with E-state index >= 15 is 0 Å². The average molecular weight is 231 g/mol. The lowest BCUT2D eigenvalue weighted by molar-refractivity contribution is 0.0769. The molecule has 1 heterocycles. The maximum absolute atomic E-state index is 13.2. The summed E-state index contributed by atoms with van der Waals surface area (Å²) in [6.45, 7) is 2.75. The van der Waals surface area contributed by atoms with Crippen LogP contribution in [0.1, 0.15) is 17.3 Å². The minimum absolute atomic E-state index is 0.0389. The van der Waals surface area contributed by atoms with Crippen LogP contribution in [0.15, 0.2) is 18.5 Å². The highest BCUT2D eigenvalue weighted by Crippen LogP contribution is 2.08. The van der Waals surface area contributed by atoms with Crippen molar-refractivity contribution < 1.29 is 9.18 Å². The Balaban J connectivity index is 2.88. The molecular weight excluding hydrogens is 219 g/mol. The van der Waals surface area contributed by atoms with Gasteiger partial charge in [0, 0.05) is 25.2 Å². The lowest BCUT2D eigenvalue weighted by Gasteiger charge is -2.19. The third-order valence-corrected chi connectivity index (χ3v) is 2.20. The number of rotatable bonds is 4. The maximum atomic E-state index is 13.2. The van der Waals surface area contributed by atoms with Crippen molar-refractivity contribution in [1.82, 2.24) is 9.88 Å². The second-order valence-electron chi connectivity index (χ2n) is 2.93. The fourth-order valence-electron chi connectivity index (χ4n) is 1.22. The van der Waals surface area contributed by atoms with Gasteiger partial charge < -0.3 is 4.90 Å². The first-order chi connectivity index (χ1) is 7.20. The average Bonchev–Trinajstić information content (AvgIpc) is 2.25. The third kappa shape index (κ3) is 2.89. The van der Waals surface area contributed by atoms with Crippen LogP contribution in [0.5, 0.6) is 0 Å². The number of amides is 1. The molecule has 1 aromatic heterocycles. The second kappa shape index (κ2) is 5.66. The van der Waals surface area contributed by atoms with E-state index < -0.39 is 5.82 Å². The monoisotopic (exact) mass is 230 g/mol. The fraction of sp³-hybridized carbons (Fsp3) is 0.400. The Morgan fingerprint density at radius 2 is 2.40 bits per heavy atom. The molecule has 0 radical (unpaired) electrons. The van der Waals surface area contributed by atoms with Gasteiger partial charge in [0.2, 0.25) is 0 Å². The van der Waals surface area contributed by atoms with E-state index in [1.165, 1.54) is 17.2 Å². The minimum atomic E-state index is -0.601. The van der Waals surface area contributed by atoms with Crippen LogP contribution in [0.25, 0.3) is 0 Å². The normalized spacial score (nSPS) is 10.1. The van der Waals surface area contributed by atoms with Crippen molar-refractivity contribution in [3.63, 3.8) is 0 Å². The van der Waals surface area contributed by atoms with Crippen LogP contribution in [0.4, 0.5) is 4.39 Å². The van der Waals surface area contributed by atoms with Gasteiger partial charge in [-0.1, -0.05) is 0 Å². The van der Waals surface area contributed by atoms with Gasteiger partial charge in [-0.15, -0.1) is 11.6 Å². The fourth-order valence-corrected chi connectivity index (χ4v) is 1.43. The van der Waals surface area contributed by atoms with Gasteiger partial charge >= 0.3 is 0 Å². The zero-order chi connectivity index (χ0) is 11.3. The molecule has 0 aromatic carbocycles. The molecule has 0 aliphatic rings. The highest BCUT2D eigenvalue weighted by Gasteiger charge is 2.16. The Morgan fingerprint density at radius 3 is 2.93 bits per heavy atom. The van der Waals surface area contributed by atoms with E-state index in [0.717, 1.165) is 6.20 Å². The molecular formula is C10H12ClFN2O. The van der Waals surface area contributed by atoms with Gasteiger partial charge in [0.05, 0.1) is 11.8 Å². The van der Waals surface area contributed by atoms with Crippen molar-refractivity contribution in [1.29, 1.82) is 0 Å². The van der Waals surface area contributed by atoms with E-state index in [1.54, 1.807) is 0 Å². The van der Waals surface area contributed by atoms with Gasteiger partial charge in [-0.2, -0.15) is 0 Å². The molecule has 0 bridgehead atoms. The quantitative estimate of drug-likeness (QED) is 0.741. The molecule has 0 spiro atoms. The number of carbonyl (C=O) groups excluding carboxylic acids is 1. The summed E-state index contributed by atoms with van der Waals surface area (Å²) in [5.74, 6) is -0.611. The Morgan fingerprint density at radius 1 is 1.67 bits per heavy atom. The van der Waals surface area contributed by atoms with Crippen molar-refractivity contribution >= 4 is 17.5 Å². The summed E-state index contributed by atoms with van der Waals surface area (Å²) in [6, 6.07) is 1.37. The van der Waals surface area contributed by atoms with Crippen LogP contribution in [-0.4, -0.2) is 34.8 Å². The molecule has 0 unspecified atom stereocenters. The summed E-state index contributed by atoms with van der Waals surface area (Å²) in [7, 11) is 0. The van der Waals surface area contributed by atoms with Crippen LogP contribution >= 0.6 is 11.6 Å². The molecule has 0 fully saturated rings. The van der Waals surface area contributed by atoms with Gasteiger partial charge in [-0.25, -0.2) is 4.39 Å². The molecule has 0 aliphatic carbocycles. The lowest BCUT2D eigenvalue weighted by Crippen LogP contribution is -2.33. The lowest BCUT2D eigenvalue weighted by atomic mass is 10.2. The smallest absolute Gasteiger partial charge is 0.256 e. The van der Waals surface area contributed by atoms with Crippen LogP contribution < -0.4 is 0 Å². The number of hydrogen-bond donors (Lipinski definition) is 0. The van der Waals surface area contributed by atoms with Crippen molar-refractivity contribution in [2.24, 2.45) is 0 Å². The van der Waals surface area contributed by atoms with Crippen molar-refractivity contribution in [2.75, 3.05) is 19.0 Å². The molecule has 0 saturated carbocycles. The molecule has 1 rings (SSSR count). The number of halogens is 2. The number of pyridine rings is 1. The highest BCUT2D eigenvalue weighted by molar-refractivity contribution is 6.18. The van der Waals surface area contributed by atoms with Crippen LogP contribution in [0, 0.1) is 5.82 Å². The van der Waals surface area contributed by atoms with Crippen molar-refractivity contribution in [3.05, 3.63) is 29.8 Å². The van der Waals surface area contributed by atoms with E-state index in [2.05, 4.69) is 4.98 Å². The molecule has 1 aromatic rings. The third-order valence-electron chi connectivity index (χ3n) is 2.03. The summed E-state index contributed by atoms with van der Waals surface area (Å²) < 4.78 is 13.2. The summed E-state index contributed by atoms with van der Waals surface area (Å²) in [5.41, 5.74) is 0.0389. The van der Waals surface area contributed by atoms with Gasteiger partial charge in [0.1, 0.15) is 0 Å². The van der Waals surface area contributed by atoms with E-state index in [0.29, 0.717) is 19.0 Å². The van der Waals surface area contributed by atoms with Gasteiger partial charge in [0.25, 0.3) is 5.91 Å². The van der Waals surface area contributed by atoms with Crippen LogP contribution in [-0.2, 0) is 0 Å². The Kier molecular flexibility index (Phi) is 4.49. The van der Waals surface area contributed by atoms with E-state index in [9.17, 15) is 9.18 Å². The van der Waals surface area contributed by atoms with E-state index in [4.69, 9.17) is 11.6 Å². The predicted octanol–water partition coefficient (Wildman–Crippen LogP) is 1.92. The van der Waals surface area contributed by atoms with Crippen molar-refractivity contribution in [2.45, 2.75) is 6.92 Å². The standard InChI is InChI=1S/C10H12ClFN2O/c1-2-14(6-4-11)10(15)8-3-5-13-7-9(8)12/h3,5,7H,2,4,6H2,1H3. The number of aromatic nitrogens is 1. The predicted molar refractivity (Wildman–Crippen MR) is 56.5 cm³/mol. The Hall–Kier alpha value is -1.16. The molecule has 5 heteroatoms. The number of carbonyl (C=O) groups is 1. The first kappa shape index (κ1) is 11.9. The SMILES string of the molecule is CCN(CCCl)C(=O)c1ccncc1F. The second-order valence-corrected chi connectivity index (χ2v) is 3.31. The summed E-state index contributed by atoms with van der Waals surface area (Å²) >= 11 is 5.55. The summed E-state index contributed by atoms with van der Waals surface area (Å²) in [4.78, 5) is 16.9. The molecule has 82 valence electrons. The molecule has 0 N–H and O–H groups in total. The zero-order valence-corrected chi connectivity index (χ0v) is 9.17. The summed E-state index contributed by atoms with van der Waals surface area (Å²) in [5, 5.41) is 0. The van der Waals surface area contributed by atoms with E-state index in [-0.39, 0.29) is 11.5 Å². The largest absolute Gasteiger partial charge is 0.338 e. The molecule has 1 amide bonds. The van der Waals surface area contributed by atoms with Crippen molar-refractivity contribution in [3.8, 4) is 0 Å². The topological polar surface area (TPSA) is 33.2 Å². The number of hydrogen-bond acceptors (Lipinski definition) is 2. The van der Waals surface area contributed by atoms with Gasteiger partial charge in [-0.05, 0) is 13.0 Å². The molecule has 0 atom stereocenters. The Bertz CT molecular complexity index is 346. The molecule has 0 saturated heterocycles. The minimum Gasteiger partial charge on any atom is -0.338 e. The van der Waals surface area contributed by atoms with Gasteiger partial charge in [-0.3, -0.25) is 9.78 Å². The first-order valence-electron chi connectivity index (χ1n) is 4.65. The van der Waals surface area contributed by atoms with Crippen LogP contribution in [0.3, 0.4) is 0 Å². The van der Waals surface area contributed by atoms with Crippen LogP contribution in [0.2, 0.25) is 0 Å². The van der Waals surface area contributed by atoms with E-state index in [1.807, 2.05) is 6.92 Å². The van der Waals surface area contributed by atoms with Gasteiger partial charge in [0.15, 0.2) is 5.82 Å². The number of alkyl halides is 1. The molecule has 0 aliphatic heterocycles. The maximum Gasteiger partial charge on any atom is 0.256 e. The first-order valence-corrected chi connectivity index (χ1v) is 5.19. The molecule has 15 heavy (non-hydrogen) atoms. The molecule has 3 nitrogen and oxygen atoms in total. The Labute approximate surface area is 92.9 Å².